The van der Waals surface area contributed by atoms with Crippen molar-refractivity contribution in [1.82, 2.24) is 5.32 Å². The van der Waals surface area contributed by atoms with E-state index >= 15 is 0 Å². The zero-order valence-corrected chi connectivity index (χ0v) is 11.2. The van der Waals surface area contributed by atoms with E-state index in [0.717, 1.165) is 19.3 Å². The van der Waals surface area contributed by atoms with Crippen molar-refractivity contribution in [1.29, 1.82) is 0 Å². The van der Waals surface area contributed by atoms with Gasteiger partial charge in [-0.3, -0.25) is 9.59 Å². The molecule has 0 aromatic carbocycles. The van der Waals surface area contributed by atoms with Gasteiger partial charge in [-0.1, -0.05) is 26.7 Å². The first kappa shape index (κ1) is 15.0. The summed E-state index contributed by atoms with van der Waals surface area (Å²) in [5, 5.41) is 11.5. The summed E-state index contributed by atoms with van der Waals surface area (Å²) in [5.41, 5.74) is 5.79. The third-order valence-electron chi connectivity index (χ3n) is 3.83. The fraction of sp³-hybridized carbons (Fsp3) is 0.846. The first-order valence-corrected chi connectivity index (χ1v) is 6.60. The van der Waals surface area contributed by atoms with E-state index in [1.165, 1.54) is 6.42 Å². The Hall–Kier alpha value is -1.10. The van der Waals surface area contributed by atoms with Crippen LogP contribution in [0.25, 0.3) is 0 Å². The molecule has 4 N–H and O–H groups in total. The molecule has 2 atom stereocenters. The summed E-state index contributed by atoms with van der Waals surface area (Å²) in [6.45, 7) is 4.31. The van der Waals surface area contributed by atoms with Gasteiger partial charge in [0.25, 0.3) is 0 Å². The lowest BCUT2D eigenvalue weighted by Gasteiger charge is -2.39. The Morgan fingerprint density at radius 1 is 1.44 bits per heavy atom. The Balaban J connectivity index is 2.45. The molecule has 0 aliphatic heterocycles. The second-order valence-corrected chi connectivity index (χ2v) is 5.83. The maximum atomic E-state index is 11.9. The highest BCUT2D eigenvalue weighted by Crippen LogP contribution is 2.35. The summed E-state index contributed by atoms with van der Waals surface area (Å²) >= 11 is 0. The molecule has 2 unspecified atom stereocenters. The molecule has 18 heavy (non-hydrogen) atoms. The molecule has 104 valence electrons. The van der Waals surface area contributed by atoms with Crippen molar-refractivity contribution in [3.05, 3.63) is 0 Å². The number of amides is 1. The number of carbonyl (C=O) groups excluding carboxylic acids is 1. The number of nitrogens with one attached hydrogen (secondary N) is 1. The van der Waals surface area contributed by atoms with Crippen molar-refractivity contribution in [2.24, 2.45) is 11.1 Å². The second kappa shape index (κ2) is 6.18. The van der Waals surface area contributed by atoms with Gasteiger partial charge in [-0.25, -0.2) is 0 Å². The molecule has 1 saturated carbocycles. The van der Waals surface area contributed by atoms with Crippen molar-refractivity contribution in [2.75, 3.05) is 0 Å². The van der Waals surface area contributed by atoms with Crippen molar-refractivity contribution in [3.63, 3.8) is 0 Å². The van der Waals surface area contributed by atoms with Crippen molar-refractivity contribution < 1.29 is 14.7 Å². The second-order valence-electron chi connectivity index (χ2n) is 5.83. The van der Waals surface area contributed by atoms with Crippen molar-refractivity contribution in [2.45, 2.75) is 64.5 Å². The molecule has 1 aliphatic carbocycles. The van der Waals surface area contributed by atoms with Gasteiger partial charge in [-0.05, 0) is 24.7 Å². The maximum absolute atomic E-state index is 11.9. The van der Waals surface area contributed by atoms with Gasteiger partial charge in [0.15, 0.2) is 0 Å². The van der Waals surface area contributed by atoms with E-state index in [2.05, 4.69) is 19.2 Å². The zero-order valence-electron chi connectivity index (χ0n) is 11.2. The van der Waals surface area contributed by atoms with Gasteiger partial charge in [0.2, 0.25) is 5.91 Å². The number of hydrogen-bond donors (Lipinski definition) is 3. The molecule has 0 saturated heterocycles. The van der Waals surface area contributed by atoms with Gasteiger partial charge in [-0.2, -0.15) is 0 Å². The van der Waals surface area contributed by atoms with Crippen LogP contribution < -0.4 is 11.1 Å². The summed E-state index contributed by atoms with van der Waals surface area (Å²) in [4.78, 5) is 22.3. The van der Waals surface area contributed by atoms with E-state index in [1.54, 1.807) is 0 Å². The predicted molar refractivity (Wildman–Crippen MR) is 69.0 cm³/mol. The highest BCUT2D eigenvalue weighted by Gasteiger charge is 2.33. The van der Waals surface area contributed by atoms with Crippen LogP contribution in [-0.4, -0.2) is 29.1 Å². The average molecular weight is 256 g/mol. The van der Waals surface area contributed by atoms with E-state index in [4.69, 9.17) is 10.8 Å². The summed E-state index contributed by atoms with van der Waals surface area (Å²) in [6.07, 6.45) is 4.52. The minimum absolute atomic E-state index is 0.0668. The Morgan fingerprint density at radius 3 is 2.67 bits per heavy atom. The number of aliphatic carboxylic acids is 1. The van der Waals surface area contributed by atoms with Crippen LogP contribution in [0, 0.1) is 5.41 Å². The fourth-order valence-corrected chi connectivity index (χ4v) is 2.45. The van der Waals surface area contributed by atoms with Gasteiger partial charge >= 0.3 is 5.97 Å². The van der Waals surface area contributed by atoms with Crippen LogP contribution in [0.3, 0.4) is 0 Å². The SMILES string of the molecule is CC1(C)CCCCC1NC(=O)C(N)CCC(=O)O. The third kappa shape index (κ3) is 4.29. The number of nitrogens with two attached hydrogens (primary N) is 1. The van der Waals surface area contributed by atoms with Crippen LogP contribution in [-0.2, 0) is 9.59 Å². The lowest BCUT2D eigenvalue weighted by atomic mass is 9.73. The zero-order chi connectivity index (χ0) is 13.8. The Labute approximate surface area is 108 Å². The van der Waals surface area contributed by atoms with Gasteiger partial charge in [-0.15, -0.1) is 0 Å². The Kier molecular flexibility index (Phi) is 5.14. The normalized spacial score (nSPS) is 24.3. The lowest BCUT2D eigenvalue weighted by molar-refractivity contribution is -0.137. The largest absolute Gasteiger partial charge is 0.481 e. The molecule has 5 nitrogen and oxygen atoms in total. The maximum Gasteiger partial charge on any atom is 0.303 e. The van der Waals surface area contributed by atoms with Crippen LogP contribution in [0.15, 0.2) is 0 Å². The van der Waals surface area contributed by atoms with Crippen molar-refractivity contribution in [3.8, 4) is 0 Å². The van der Waals surface area contributed by atoms with E-state index in [9.17, 15) is 9.59 Å². The monoisotopic (exact) mass is 256 g/mol. The molecule has 0 aromatic rings. The standard InChI is InChI=1S/C13H24N2O3/c1-13(2)8-4-3-5-10(13)15-12(18)9(14)6-7-11(16)17/h9-10H,3-8,14H2,1-2H3,(H,15,18)(H,16,17). The predicted octanol–water partition coefficient (Wildman–Crippen LogP) is 1.26. The first-order valence-electron chi connectivity index (χ1n) is 6.60. The van der Waals surface area contributed by atoms with Crippen LogP contribution in [0.4, 0.5) is 0 Å². The Morgan fingerprint density at radius 2 is 2.11 bits per heavy atom. The molecule has 1 rings (SSSR count). The molecular weight excluding hydrogens is 232 g/mol. The van der Waals surface area contributed by atoms with Gasteiger partial charge in [0, 0.05) is 12.5 Å². The smallest absolute Gasteiger partial charge is 0.303 e. The molecular formula is C13H24N2O3. The molecule has 0 radical (unpaired) electrons. The molecule has 1 fully saturated rings. The highest BCUT2D eigenvalue weighted by molar-refractivity contribution is 5.82. The summed E-state index contributed by atoms with van der Waals surface area (Å²) in [5.74, 6) is -1.15. The summed E-state index contributed by atoms with van der Waals surface area (Å²) in [6, 6.07) is -0.576. The Bertz CT molecular complexity index is 315. The minimum atomic E-state index is -0.920. The first-order chi connectivity index (χ1) is 8.33. The van der Waals surface area contributed by atoms with Crippen LogP contribution in [0.5, 0.6) is 0 Å². The number of hydrogen-bond acceptors (Lipinski definition) is 3. The average Bonchev–Trinajstić information content (AvgIpc) is 2.28. The minimum Gasteiger partial charge on any atom is -0.481 e. The van der Waals surface area contributed by atoms with E-state index in [0.29, 0.717) is 0 Å². The third-order valence-corrected chi connectivity index (χ3v) is 3.83. The summed E-state index contributed by atoms with van der Waals surface area (Å²) in [7, 11) is 0. The lowest BCUT2D eigenvalue weighted by Crippen LogP contribution is -2.51. The number of carbonyl (C=O) groups is 2. The van der Waals surface area contributed by atoms with Gasteiger partial charge < -0.3 is 16.2 Å². The molecule has 0 spiro atoms. The molecule has 0 aromatic heterocycles. The van der Waals surface area contributed by atoms with Crippen LogP contribution >= 0.6 is 0 Å². The molecule has 0 heterocycles. The van der Waals surface area contributed by atoms with Gasteiger partial charge in [0.05, 0.1) is 6.04 Å². The quantitative estimate of drug-likeness (QED) is 0.690. The molecule has 5 heteroatoms. The van der Waals surface area contributed by atoms with Gasteiger partial charge in [0.1, 0.15) is 0 Å². The van der Waals surface area contributed by atoms with Crippen molar-refractivity contribution >= 4 is 11.9 Å². The van der Waals surface area contributed by atoms with E-state index in [-0.39, 0.29) is 30.2 Å². The number of carboxylic acid groups (broad SMARTS) is 1. The highest BCUT2D eigenvalue weighted by atomic mass is 16.4. The number of rotatable bonds is 5. The van der Waals surface area contributed by atoms with Crippen LogP contribution in [0.1, 0.15) is 52.4 Å². The van der Waals surface area contributed by atoms with Crippen LogP contribution in [0.2, 0.25) is 0 Å². The fourth-order valence-electron chi connectivity index (χ4n) is 2.45. The molecule has 1 amide bonds. The van der Waals surface area contributed by atoms with E-state index < -0.39 is 12.0 Å². The summed E-state index contributed by atoms with van der Waals surface area (Å²) < 4.78 is 0. The molecule has 0 bridgehead atoms. The topological polar surface area (TPSA) is 92.4 Å². The van der Waals surface area contributed by atoms with E-state index in [1.807, 2.05) is 0 Å². The molecule has 1 aliphatic rings. The number of carboxylic acids is 1.